The second-order valence-electron chi connectivity index (χ2n) is 4.43. The Morgan fingerprint density at radius 1 is 1.50 bits per heavy atom. The van der Waals surface area contributed by atoms with Crippen molar-refractivity contribution >= 4 is 17.3 Å². The summed E-state index contributed by atoms with van der Waals surface area (Å²) in [7, 11) is 0. The zero-order chi connectivity index (χ0) is 13.5. The van der Waals surface area contributed by atoms with E-state index in [1.807, 2.05) is 6.92 Å². The molecule has 6 nitrogen and oxygen atoms in total. The van der Waals surface area contributed by atoms with Crippen molar-refractivity contribution in [3.8, 4) is 0 Å². The van der Waals surface area contributed by atoms with Gasteiger partial charge in [-0.25, -0.2) is 4.98 Å². The van der Waals surface area contributed by atoms with E-state index in [0.29, 0.717) is 5.82 Å². The van der Waals surface area contributed by atoms with Crippen LogP contribution in [0.1, 0.15) is 39.5 Å². The molecule has 0 fully saturated rings. The molecule has 0 aliphatic heterocycles. The SMILES string of the molecule is CCCCCC(C)Nc1cc([N+](=O)[O-])cc(N)n1. The molecule has 0 radical (unpaired) electrons. The first-order valence-corrected chi connectivity index (χ1v) is 6.21. The van der Waals surface area contributed by atoms with Gasteiger partial charge in [0.2, 0.25) is 0 Å². The van der Waals surface area contributed by atoms with Gasteiger partial charge in [0, 0.05) is 6.04 Å². The first-order valence-electron chi connectivity index (χ1n) is 6.21. The molecule has 1 aromatic rings. The van der Waals surface area contributed by atoms with Gasteiger partial charge in [-0.3, -0.25) is 10.1 Å². The fraction of sp³-hybridized carbons (Fsp3) is 0.583. The molecule has 0 bridgehead atoms. The molecule has 6 heteroatoms. The van der Waals surface area contributed by atoms with Crippen LogP contribution in [0.4, 0.5) is 17.3 Å². The summed E-state index contributed by atoms with van der Waals surface area (Å²) < 4.78 is 0. The van der Waals surface area contributed by atoms with Gasteiger partial charge in [-0.15, -0.1) is 0 Å². The van der Waals surface area contributed by atoms with Gasteiger partial charge in [0.1, 0.15) is 11.6 Å². The molecule has 0 aromatic carbocycles. The Hall–Kier alpha value is -1.85. The number of rotatable bonds is 7. The molecule has 18 heavy (non-hydrogen) atoms. The first-order chi connectivity index (χ1) is 8.52. The number of nitro groups is 1. The monoisotopic (exact) mass is 252 g/mol. The van der Waals surface area contributed by atoms with Gasteiger partial charge >= 0.3 is 0 Å². The highest BCUT2D eigenvalue weighted by molar-refractivity contribution is 5.52. The summed E-state index contributed by atoms with van der Waals surface area (Å²) in [5, 5.41) is 13.8. The number of nitrogen functional groups attached to an aromatic ring is 1. The molecule has 1 atom stereocenters. The van der Waals surface area contributed by atoms with E-state index < -0.39 is 4.92 Å². The van der Waals surface area contributed by atoms with Crippen LogP contribution in [0, 0.1) is 10.1 Å². The minimum Gasteiger partial charge on any atom is -0.383 e. The number of hydrogen-bond acceptors (Lipinski definition) is 5. The smallest absolute Gasteiger partial charge is 0.276 e. The predicted octanol–water partition coefficient (Wildman–Crippen LogP) is 2.95. The lowest BCUT2D eigenvalue weighted by Gasteiger charge is -2.14. The van der Waals surface area contributed by atoms with Gasteiger partial charge in [0.15, 0.2) is 0 Å². The lowest BCUT2D eigenvalue weighted by molar-refractivity contribution is -0.384. The van der Waals surface area contributed by atoms with Crippen molar-refractivity contribution in [3.05, 3.63) is 22.2 Å². The van der Waals surface area contributed by atoms with Gasteiger partial charge in [0.05, 0.1) is 17.1 Å². The molecule has 1 aromatic heterocycles. The van der Waals surface area contributed by atoms with Crippen LogP contribution in [0.15, 0.2) is 12.1 Å². The van der Waals surface area contributed by atoms with Crippen LogP contribution in [0.25, 0.3) is 0 Å². The molecule has 3 N–H and O–H groups in total. The molecule has 1 rings (SSSR count). The zero-order valence-electron chi connectivity index (χ0n) is 10.8. The van der Waals surface area contributed by atoms with E-state index in [-0.39, 0.29) is 17.5 Å². The Morgan fingerprint density at radius 3 is 2.83 bits per heavy atom. The summed E-state index contributed by atoms with van der Waals surface area (Å²) in [5.41, 5.74) is 5.50. The fourth-order valence-electron chi connectivity index (χ4n) is 1.74. The maximum atomic E-state index is 10.7. The van der Waals surface area contributed by atoms with Crippen LogP contribution in [0.2, 0.25) is 0 Å². The summed E-state index contributed by atoms with van der Waals surface area (Å²) >= 11 is 0. The Morgan fingerprint density at radius 2 is 2.22 bits per heavy atom. The lowest BCUT2D eigenvalue weighted by Crippen LogP contribution is -2.16. The summed E-state index contributed by atoms with van der Waals surface area (Å²) in [5.74, 6) is 0.623. The highest BCUT2D eigenvalue weighted by Crippen LogP contribution is 2.20. The topological polar surface area (TPSA) is 94.1 Å². The van der Waals surface area contributed by atoms with E-state index >= 15 is 0 Å². The fourth-order valence-corrected chi connectivity index (χ4v) is 1.74. The third kappa shape index (κ3) is 4.57. The van der Waals surface area contributed by atoms with Crippen LogP contribution in [0.3, 0.4) is 0 Å². The largest absolute Gasteiger partial charge is 0.383 e. The van der Waals surface area contributed by atoms with E-state index in [4.69, 9.17) is 5.73 Å². The number of aromatic nitrogens is 1. The summed E-state index contributed by atoms with van der Waals surface area (Å²) in [4.78, 5) is 14.3. The number of unbranched alkanes of at least 4 members (excludes halogenated alkanes) is 2. The van der Waals surface area contributed by atoms with Crippen molar-refractivity contribution in [2.45, 2.75) is 45.6 Å². The summed E-state index contributed by atoms with van der Waals surface area (Å²) in [6.45, 7) is 4.19. The molecule has 100 valence electrons. The number of nitrogens with zero attached hydrogens (tertiary/aromatic N) is 2. The normalized spacial score (nSPS) is 12.1. The molecule has 1 unspecified atom stereocenters. The van der Waals surface area contributed by atoms with Gasteiger partial charge in [-0.05, 0) is 13.3 Å². The standard InChI is InChI=1S/C12H20N4O2/c1-3-4-5-6-9(2)14-12-8-10(16(17)18)7-11(13)15-12/h7-9H,3-6H2,1-2H3,(H3,13,14,15). The number of hydrogen-bond donors (Lipinski definition) is 2. The summed E-state index contributed by atoms with van der Waals surface area (Å²) in [6, 6.07) is 2.89. The Kier molecular flexibility index (Phi) is 5.35. The van der Waals surface area contributed by atoms with Gasteiger partial charge in [-0.1, -0.05) is 26.2 Å². The predicted molar refractivity (Wildman–Crippen MR) is 72.5 cm³/mol. The van der Waals surface area contributed by atoms with E-state index in [2.05, 4.69) is 17.2 Å². The van der Waals surface area contributed by atoms with E-state index in [9.17, 15) is 10.1 Å². The van der Waals surface area contributed by atoms with Gasteiger partial charge < -0.3 is 11.1 Å². The second kappa shape index (κ2) is 6.78. The van der Waals surface area contributed by atoms with Crippen molar-refractivity contribution in [1.29, 1.82) is 0 Å². The van der Waals surface area contributed by atoms with Crippen LogP contribution < -0.4 is 11.1 Å². The average molecular weight is 252 g/mol. The maximum Gasteiger partial charge on any atom is 0.276 e. The van der Waals surface area contributed by atoms with Crippen LogP contribution in [-0.2, 0) is 0 Å². The molecule has 0 aliphatic rings. The molecule has 0 saturated heterocycles. The minimum atomic E-state index is -0.467. The third-order valence-corrected chi connectivity index (χ3v) is 2.68. The molecule has 0 saturated carbocycles. The molecule has 0 aliphatic carbocycles. The second-order valence-corrected chi connectivity index (χ2v) is 4.43. The van der Waals surface area contributed by atoms with Crippen LogP contribution >= 0.6 is 0 Å². The van der Waals surface area contributed by atoms with E-state index in [0.717, 1.165) is 12.8 Å². The quantitative estimate of drug-likeness (QED) is 0.442. The van der Waals surface area contributed by atoms with Crippen molar-refractivity contribution in [2.75, 3.05) is 11.1 Å². The Bertz CT molecular complexity index is 409. The van der Waals surface area contributed by atoms with Crippen molar-refractivity contribution in [3.63, 3.8) is 0 Å². The number of pyridine rings is 1. The summed E-state index contributed by atoms with van der Waals surface area (Å²) in [6.07, 6.45) is 4.51. The number of nitrogens with two attached hydrogens (primary N) is 1. The van der Waals surface area contributed by atoms with Crippen molar-refractivity contribution < 1.29 is 4.92 Å². The highest BCUT2D eigenvalue weighted by atomic mass is 16.6. The highest BCUT2D eigenvalue weighted by Gasteiger charge is 2.11. The van der Waals surface area contributed by atoms with Crippen LogP contribution in [-0.4, -0.2) is 15.9 Å². The molecule has 0 spiro atoms. The van der Waals surface area contributed by atoms with E-state index in [1.54, 1.807) is 0 Å². The Balaban J connectivity index is 2.63. The van der Waals surface area contributed by atoms with Gasteiger partial charge in [0.25, 0.3) is 5.69 Å². The number of anilines is 2. The first kappa shape index (κ1) is 14.2. The van der Waals surface area contributed by atoms with Crippen molar-refractivity contribution in [1.82, 2.24) is 4.98 Å². The minimum absolute atomic E-state index is 0.0363. The maximum absolute atomic E-state index is 10.7. The molecular weight excluding hydrogens is 232 g/mol. The van der Waals surface area contributed by atoms with Crippen LogP contribution in [0.5, 0.6) is 0 Å². The van der Waals surface area contributed by atoms with Crippen molar-refractivity contribution in [2.24, 2.45) is 0 Å². The van der Waals surface area contributed by atoms with Gasteiger partial charge in [-0.2, -0.15) is 0 Å². The molecule has 1 heterocycles. The third-order valence-electron chi connectivity index (χ3n) is 2.68. The number of nitrogens with one attached hydrogen (secondary N) is 1. The van der Waals surface area contributed by atoms with E-state index in [1.165, 1.54) is 25.0 Å². The molecular formula is C12H20N4O2. The molecule has 0 amide bonds. The average Bonchev–Trinajstić information content (AvgIpc) is 2.28. The lowest BCUT2D eigenvalue weighted by atomic mass is 10.1. The zero-order valence-corrected chi connectivity index (χ0v) is 10.8. The Labute approximate surface area is 107 Å².